The minimum Gasteiger partial charge on any atom is -0.379 e. The molecule has 0 saturated carbocycles. The summed E-state index contributed by atoms with van der Waals surface area (Å²) in [5, 5.41) is 0. The molecule has 1 heterocycles. The summed E-state index contributed by atoms with van der Waals surface area (Å²) in [5.74, 6) is 0. The third kappa shape index (κ3) is 3.73. The molecule has 0 N–H and O–H groups in total. The first-order chi connectivity index (χ1) is 5.34. The maximum atomic E-state index is 5.27. The average Bonchev–Trinajstić information content (AvgIpc) is 2.09. The van der Waals surface area contributed by atoms with Crippen LogP contribution >= 0.6 is 0 Å². The van der Waals surface area contributed by atoms with Gasteiger partial charge in [-0.2, -0.15) is 0 Å². The molecule has 0 aromatic rings. The predicted octanol–water partition coefficient (Wildman–Crippen LogP) is 1.75. The van der Waals surface area contributed by atoms with E-state index in [0.717, 1.165) is 26.3 Å². The van der Waals surface area contributed by atoms with Crippen LogP contribution in [-0.2, 0) is 4.74 Å². The van der Waals surface area contributed by atoms with Crippen LogP contribution < -0.4 is 0 Å². The zero-order chi connectivity index (χ0) is 8.69. The lowest BCUT2D eigenvalue weighted by molar-refractivity contribution is 0.00245. The van der Waals surface area contributed by atoms with Gasteiger partial charge in [0.15, 0.2) is 0 Å². The van der Waals surface area contributed by atoms with Crippen molar-refractivity contribution < 1.29 is 4.74 Å². The van der Waals surface area contributed by atoms with Crippen LogP contribution in [0.1, 0.15) is 27.7 Å². The van der Waals surface area contributed by atoms with E-state index in [0.29, 0.717) is 6.04 Å². The monoisotopic (exact) mass is 159 g/mol. The fraction of sp³-hybridized carbons (Fsp3) is 1.00. The highest BCUT2D eigenvalue weighted by Crippen LogP contribution is 2.03. The van der Waals surface area contributed by atoms with Crippen molar-refractivity contribution in [3.05, 3.63) is 0 Å². The molecule has 1 saturated heterocycles. The van der Waals surface area contributed by atoms with Crippen LogP contribution in [0.5, 0.6) is 0 Å². The van der Waals surface area contributed by atoms with Crippen molar-refractivity contribution >= 4 is 0 Å². The van der Waals surface area contributed by atoms with Crippen LogP contribution in [0, 0.1) is 0 Å². The highest BCUT2D eigenvalue weighted by atomic mass is 16.5. The smallest absolute Gasteiger partial charge is 0.0619 e. The van der Waals surface area contributed by atoms with Gasteiger partial charge in [-0.05, 0) is 13.5 Å². The van der Waals surface area contributed by atoms with E-state index in [1.807, 2.05) is 13.8 Å². The molecule has 0 radical (unpaired) electrons. The Morgan fingerprint density at radius 3 is 2.45 bits per heavy atom. The molecule has 11 heavy (non-hydrogen) atoms. The maximum Gasteiger partial charge on any atom is 0.0619 e. The Hall–Kier alpha value is -0.0800. The van der Waals surface area contributed by atoms with E-state index in [1.165, 1.54) is 0 Å². The lowest BCUT2D eigenvalue weighted by Crippen LogP contribution is -2.43. The van der Waals surface area contributed by atoms with Crippen molar-refractivity contribution in [2.24, 2.45) is 0 Å². The van der Waals surface area contributed by atoms with Crippen molar-refractivity contribution in [2.75, 3.05) is 26.3 Å². The first kappa shape index (κ1) is 10.9. The lowest BCUT2D eigenvalue weighted by atomic mass is 10.2. The third-order valence-corrected chi connectivity index (χ3v) is 1.91. The molecule has 0 unspecified atom stereocenters. The minimum absolute atomic E-state index is 0.628. The fourth-order valence-electron chi connectivity index (χ4n) is 1.23. The van der Waals surface area contributed by atoms with Gasteiger partial charge in [0.2, 0.25) is 0 Å². The van der Waals surface area contributed by atoms with E-state index < -0.39 is 0 Å². The Morgan fingerprint density at radius 1 is 1.45 bits per heavy atom. The van der Waals surface area contributed by atoms with Crippen molar-refractivity contribution in [1.82, 2.24) is 4.90 Å². The summed E-state index contributed by atoms with van der Waals surface area (Å²) < 4.78 is 5.27. The number of morpholine rings is 1. The van der Waals surface area contributed by atoms with E-state index in [2.05, 4.69) is 18.7 Å². The number of hydrogen-bond donors (Lipinski definition) is 0. The topological polar surface area (TPSA) is 12.5 Å². The molecular weight excluding hydrogens is 138 g/mol. The third-order valence-electron chi connectivity index (χ3n) is 1.91. The summed E-state index contributed by atoms with van der Waals surface area (Å²) in [4.78, 5) is 2.43. The summed E-state index contributed by atoms with van der Waals surface area (Å²) in [5.41, 5.74) is 0. The van der Waals surface area contributed by atoms with Gasteiger partial charge in [-0.3, -0.25) is 4.90 Å². The summed E-state index contributed by atoms with van der Waals surface area (Å²) in [6.45, 7) is 12.5. The van der Waals surface area contributed by atoms with Gasteiger partial charge >= 0.3 is 0 Å². The van der Waals surface area contributed by atoms with Gasteiger partial charge in [0.25, 0.3) is 0 Å². The fourth-order valence-corrected chi connectivity index (χ4v) is 1.23. The normalized spacial score (nSPS) is 25.6. The molecule has 0 amide bonds. The van der Waals surface area contributed by atoms with Crippen molar-refractivity contribution in [2.45, 2.75) is 33.7 Å². The quantitative estimate of drug-likeness (QED) is 0.578. The Morgan fingerprint density at radius 2 is 2.09 bits per heavy atom. The predicted molar refractivity (Wildman–Crippen MR) is 48.9 cm³/mol. The number of hydrogen-bond acceptors (Lipinski definition) is 2. The van der Waals surface area contributed by atoms with Gasteiger partial charge in [0.05, 0.1) is 13.2 Å². The van der Waals surface area contributed by atoms with E-state index in [-0.39, 0.29) is 0 Å². The second kappa shape index (κ2) is 6.62. The number of likely N-dealkylation sites (N-methyl/N-ethyl adjacent to an activating group) is 1. The van der Waals surface area contributed by atoms with Crippen LogP contribution in [-0.4, -0.2) is 37.2 Å². The molecule has 0 aromatic carbocycles. The number of rotatable bonds is 1. The summed E-state index contributed by atoms with van der Waals surface area (Å²) in [7, 11) is 0. The molecular formula is C9H21NO. The summed E-state index contributed by atoms with van der Waals surface area (Å²) in [6.07, 6.45) is 0. The van der Waals surface area contributed by atoms with Gasteiger partial charge in [0, 0.05) is 12.6 Å². The molecule has 1 aliphatic heterocycles. The minimum atomic E-state index is 0.628. The van der Waals surface area contributed by atoms with Crippen LogP contribution in [0.15, 0.2) is 0 Å². The zero-order valence-corrected chi connectivity index (χ0v) is 8.26. The molecule has 0 aromatic heterocycles. The molecule has 0 bridgehead atoms. The van der Waals surface area contributed by atoms with Gasteiger partial charge in [-0.25, -0.2) is 0 Å². The van der Waals surface area contributed by atoms with Crippen LogP contribution in [0.3, 0.4) is 0 Å². The molecule has 1 fully saturated rings. The first-order valence-corrected chi connectivity index (χ1v) is 4.66. The van der Waals surface area contributed by atoms with Gasteiger partial charge < -0.3 is 4.74 Å². The van der Waals surface area contributed by atoms with Crippen LogP contribution in [0.25, 0.3) is 0 Å². The molecule has 68 valence electrons. The molecule has 1 aliphatic rings. The lowest BCUT2D eigenvalue weighted by Gasteiger charge is -2.31. The highest BCUT2D eigenvalue weighted by Gasteiger charge is 2.15. The Bertz CT molecular complexity index is 85.6. The highest BCUT2D eigenvalue weighted by molar-refractivity contribution is 4.68. The molecule has 1 atom stereocenters. The molecule has 2 nitrogen and oxygen atoms in total. The molecule has 0 spiro atoms. The standard InChI is InChI=1S/C7H15NO.C2H6/c1-3-8-4-5-9-6-7(8)2;1-2/h7H,3-6H2,1-2H3;1-2H3/t7-;/m1./s1. The van der Waals surface area contributed by atoms with Gasteiger partial charge in [-0.1, -0.05) is 20.8 Å². The van der Waals surface area contributed by atoms with Crippen LogP contribution in [0.2, 0.25) is 0 Å². The Balaban J connectivity index is 0.000000461. The van der Waals surface area contributed by atoms with E-state index in [9.17, 15) is 0 Å². The molecule has 2 heteroatoms. The molecule has 0 aliphatic carbocycles. The average molecular weight is 159 g/mol. The van der Waals surface area contributed by atoms with Crippen molar-refractivity contribution in [1.29, 1.82) is 0 Å². The summed E-state index contributed by atoms with van der Waals surface area (Å²) in [6, 6.07) is 0.628. The SMILES string of the molecule is CC.CCN1CCOC[C@H]1C. The Kier molecular flexibility index (Phi) is 6.57. The van der Waals surface area contributed by atoms with Crippen LogP contribution in [0.4, 0.5) is 0 Å². The number of ether oxygens (including phenoxy) is 1. The zero-order valence-electron chi connectivity index (χ0n) is 8.26. The Labute approximate surface area is 70.5 Å². The van der Waals surface area contributed by atoms with Gasteiger partial charge in [0.1, 0.15) is 0 Å². The number of nitrogens with zero attached hydrogens (tertiary/aromatic N) is 1. The first-order valence-electron chi connectivity index (χ1n) is 4.66. The van der Waals surface area contributed by atoms with E-state index in [1.54, 1.807) is 0 Å². The van der Waals surface area contributed by atoms with Crippen molar-refractivity contribution in [3.63, 3.8) is 0 Å². The second-order valence-electron chi connectivity index (χ2n) is 2.55. The van der Waals surface area contributed by atoms with Gasteiger partial charge in [-0.15, -0.1) is 0 Å². The largest absolute Gasteiger partial charge is 0.379 e. The molecule has 1 rings (SSSR count). The van der Waals surface area contributed by atoms with E-state index >= 15 is 0 Å². The van der Waals surface area contributed by atoms with E-state index in [4.69, 9.17) is 4.74 Å². The summed E-state index contributed by atoms with van der Waals surface area (Å²) >= 11 is 0. The maximum absolute atomic E-state index is 5.27. The van der Waals surface area contributed by atoms with Crippen molar-refractivity contribution in [3.8, 4) is 0 Å². The second-order valence-corrected chi connectivity index (χ2v) is 2.55.